The second-order valence-corrected chi connectivity index (χ2v) is 5.66. The molecule has 1 aliphatic rings. The summed E-state index contributed by atoms with van der Waals surface area (Å²) in [6.45, 7) is 1.76. The molecule has 0 spiro atoms. The second kappa shape index (κ2) is 6.81. The molecule has 1 fully saturated rings. The van der Waals surface area contributed by atoms with Gasteiger partial charge >= 0.3 is 5.97 Å². The van der Waals surface area contributed by atoms with Crippen molar-refractivity contribution in [2.45, 2.75) is 13.0 Å². The first kappa shape index (κ1) is 13.4. The number of thioether (sulfide) groups is 1. The van der Waals surface area contributed by atoms with Crippen molar-refractivity contribution in [1.29, 1.82) is 0 Å². The van der Waals surface area contributed by atoms with E-state index in [-0.39, 0.29) is 5.97 Å². The molecule has 4 heteroatoms. The van der Waals surface area contributed by atoms with E-state index in [4.69, 9.17) is 4.74 Å². The van der Waals surface area contributed by atoms with E-state index in [0.29, 0.717) is 5.56 Å². The predicted molar refractivity (Wildman–Crippen MR) is 74.9 cm³/mol. The number of ether oxygens (including phenoxy) is 1. The number of carbonyl (C=O) groups is 1. The zero-order chi connectivity index (χ0) is 12.8. The van der Waals surface area contributed by atoms with E-state index >= 15 is 0 Å². The summed E-state index contributed by atoms with van der Waals surface area (Å²) in [5, 5.41) is 3.44. The van der Waals surface area contributed by atoms with Crippen LogP contribution in [0.1, 0.15) is 22.3 Å². The Labute approximate surface area is 112 Å². The van der Waals surface area contributed by atoms with Crippen molar-refractivity contribution in [3.8, 4) is 0 Å². The first-order chi connectivity index (χ1) is 8.81. The predicted octanol–water partition coefficient (Wildman–Crippen LogP) is 2.32. The highest BCUT2D eigenvalue weighted by Gasteiger charge is 2.15. The molecule has 0 amide bonds. The van der Waals surface area contributed by atoms with Crippen LogP contribution in [-0.4, -0.2) is 31.1 Å². The average Bonchev–Trinajstić information content (AvgIpc) is 2.92. The number of carbonyl (C=O) groups excluding carboxylic acids is 1. The Hall–Kier alpha value is -1.00. The highest BCUT2D eigenvalue weighted by molar-refractivity contribution is 7.99. The Morgan fingerprint density at radius 1 is 1.50 bits per heavy atom. The van der Waals surface area contributed by atoms with Crippen LogP contribution in [0.5, 0.6) is 0 Å². The first-order valence-electron chi connectivity index (χ1n) is 6.26. The van der Waals surface area contributed by atoms with Crippen LogP contribution in [0.3, 0.4) is 0 Å². The van der Waals surface area contributed by atoms with Gasteiger partial charge in [-0.15, -0.1) is 0 Å². The number of benzene rings is 1. The highest BCUT2D eigenvalue weighted by Crippen LogP contribution is 2.22. The standard InChI is InChI=1S/C14H19NO2S/c1-17-14(16)13-5-3-2-4-12(13)9-15-8-11-6-7-18-10-11/h2-5,11,15H,6-10H2,1H3. The molecule has 98 valence electrons. The molecule has 0 aromatic heterocycles. The van der Waals surface area contributed by atoms with E-state index in [0.717, 1.165) is 24.6 Å². The van der Waals surface area contributed by atoms with E-state index in [9.17, 15) is 4.79 Å². The minimum atomic E-state index is -0.260. The zero-order valence-electron chi connectivity index (χ0n) is 10.6. The van der Waals surface area contributed by atoms with Gasteiger partial charge in [0, 0.05) is 6.54 Å². The number of rotatable bonds is 5. The summed E-state index contributed by atoms with van der Waals surface area (Å²) in [6.07, 6.45) is 1.30. The Morgan fingerprint density at radius 3 is 3.06 bits per heavy atom. The summed E-state index contributed by atoms with van der Waals surface area (Å²) < 4.78 is 4.79. The van der Waals surface area contributed by atoms with Crippen LogP contribution in [0, 0.1) is 5.92 Å². The van der Waals surface area contributed by atoms with Gasteiger partial charge in [0.15, 0.2) is 0 Å². The van der Waals surface area contributed by atoms with Gasteiger partial charge in [-0.3, -0.25) is 0 Å². The summed E-state index contributed by atoms with van der Waals surface area (Å²) in [4.78, 5) is 11.6. The lowest BCUT2D eigenvalue weighted by Crippen LogP contribution is -2.23. The van der Waals surface area contributed by atoms with Crippen LogP contribution in [0.15, 0.2) is 24.3 Å². The van der Waals surface area contributed by atoms with Gasteiger partial charge in [0.1, 0.15) is 0 Å². The molecule has 1 aliphatic heterocycles. The quantitative estimate of drug-likeness (QED) is 0.829. The van der Waals surface area contributed by atoms with Crippen LogP contribution < -0.4 is 5.32 Å². The molecular formula is C14H19NO2S. The van der Waals surface area contributed by atoms with E-state index in [1.54, 1.807) is 0 Å². The number of nitrogens with one attached hydrogen (secondary N) is 1. The summed E-state index contributed by atoms with van der Waals surface area (Å²) in [6, 6.07) is 7.61. The number of esters is 1. The Morgan fingerprint density at radius 2 is 2.33 bits per heavy atom. The number of methoxy groups -OCH3 is 1. The Bertz CT molecular complexity index is 403. The molecule has 1 aromatic carbocycles. The van der Waals surface area contributed by atoms with Gasteiger partial charge in [0.25, 0.3) is 0 Å². The minimum Gasteiger partial charge on any atom is -0.465 e. The third-order valence-corrected chi connectivity index (χ3v) is 4.43. The first-order valence-corrected chi connectivity index (χ1v) is 7.41. The maximum atomic E-state index is 11.6. The SMILES string of the molecule is COC(=O)c1ccccc1CNCC1CCSC1. The van der Waals surface area contributed by atoms with E-state index in [2.05, 4.69) is 5.32 Å². The maximum absolute atomic E-state index is 11.6. The molecule has 3 nitrogen and oxygen atoms in total. The summed E-state index contributed by atoms with van der Waals surface area (Å²) in [5.41, 5.74) is 1.67. The third-order valence-electron chi connectivity index (χ3n) is 3.20. The number of hydrogen-bond donors (Lipinski definition) is 1. The molecule has 1 heterocycles. The molecule has 1 saturated heterocycles. The van der Waals surface area contributed by atoms with Crippen molar-refractivity contribution in [3.05, 3.63) is 35.4 Å². The van der Waals surface area contributed by atoms with Crippen LogP contribution in [0.2, 0.25) is 0 Å². The maximum Gasteiger partial charge on any atom is 0.338 e. The molecular weight excluding hydrogens is 246 g/mol. The van der Waals surface area contributed by atoms with Crippen molar-refractivity contribution >= 4 is 17.7 Å². The van der Waals surface area contributed by atoms with Gasteiger partial charge in [-0.05, 0) is 42.0 Å². The Kier molecular flexibility index (Phi) is 5.08. The van der Waals surface area contributed by atoms with Gasteiger partial charge in [0.05, 0.1) is 12.7 Å². The highest BCUT2D eigenvalue weighted by atomic mass is 32.2. The fraction of sp³-hybridized carbons (Fsp3) is 0.500. The van der Waals surface area contributed by atoms with Crippen molar-refractivity contribution in [3.63, 3.8) is 0 Å². The van der Waals surface area contributed by atoms with Gasteiger partial charge in [-0.25, -0.2) is 4.79 Å². The van der Waals surface area contributed by atoms with E-state index in [1.165, 1.54) is 25.0 Å². The molecule has 0 radical (unpaired) electrons. The molecule has 18 heavy (non-hydrogen) atoms. The van der Waals surface area contributed by atoms with E-state index < -0.39 is 0 Å². The second-order valence-electron chi connectivity index (χ2n) is 4.51. The van der Waals surface area contributed by atoms with Gasteiger partial charge < -0.3 is 10.1 Å². The molecule has 0 saturated carbocycles. The fourth-order valence-electron chi connectivity index (χ4n) is 2.14. The third kappa shape index (κ3) is 3.50. The lowest BCUT2D eigenvalue weighted by Gasteiger charge is -2.12. The van der Waals surface area contributed by atoms with Crippen LogP contribution in [0.4, 0.5) is 0 Å². The van der Waals surface area contributed by atoms with Crippen LogP contribution in [0.25, 0.3) is 0 Å². The largest absolute Gasteiger partial charge is 0.465 e. The smallest absolute Gasteiger partial charge is 0.338 e. The molecule has 0 aliphatic carbocycles. The van der Waals surface area contributed by atoms with E-state index in [1.807, 2.05) is 36.0 Å². The average molecular weight is 265 g/mol. The molecule has 1 aromatic rings. The Balaban J connectivity index is 1.89. The molecule has 1 unspecified atom stereocenters. The van der Waals surface area contributed by atoms with Crippen LogP contribution >= 0.6 is 11.8 Å². The lowest BCUT2D eigenvalue weighted by atomic mass is 10.1. The lowest BCUT2D eigenvalue weighted by molar-refractivity contribution is 0.0599. The zero-order valence-corrected chi connectivity index (χ0v) is 11.5. The fourth-order valence-corrected chi connectivity index (χ4v) is 3.42. The summed E-state index contributed by atoms with van der Waals surface area (Å²) in [5.74, 6) is 3.06. The van der Waals surface area contributed by atoms with Gasteiger partial charge in [0.2, 0.25) is 0 Å². The van der Waals surface area contributed by atoms with Gasteiger partial charge in [-0.2, -0.15) is 11.8 Å². The van der Waals surface area contributed by atoms with Gasteiger partial charge in [-0.1, -0.05) is 18.2 Å². The summed E-state index contributed by atoms with van der Waals surface area (Å²) >= 11 is 2.03. The van der Waals surface area contributed by atoms with Crippen molar-refractivity contribution in [2.24, 2.45) is 5.92 Å². The summed E-state index contributed by atoms with van der Waals surface area (Å²) in [7, 11) is 1.42. The molecule has 1 N–H and O–H groups in total. The molecule has 0 bridgehead atoms. The van der Waals surface area contributed by atoms with Crippen molar-refractivity contribution in [1.82, 2.24) is 5.32 Å². The molecule has 1 atom stereocenters. The van der Waals surface area contributed by atoms with Crippen LogP contribution in [-0.2, 0) is 11.3 Å². The normalized spacial score (nSPS) is 18.8. The minimum absolute atomic E-state index is 0.260. The number of hydrogen-bond acceptors (Lipinski definition) is 4. The topological polar surface area (TPSA) is 38.3 Å². The van der Waals surface area contributed by atoms with Crippen molar-refractivity contribution in [2.75, 3.05) is 25.2 Å². The monoisotopic (exact) mass is 265 g/mol. The van der Waals surface area contributed by atoms with Crippen molar-refractivity contribution < 1.29 is 9.53 Å². The molecule has 2 rings (SSSR count).